The van der Waals surface area contributed by atoms with Crippen molar-refractivity contribution in [3.8, 4) is 5.75 Å². The lowest BCUT2D eigenvalue weighted by molar-refractivity contribution is 0.137. The van der Waals surface area contributed by atoms with Crippen molar-refractivity contribution < 1.29 is 4.74 Å². The Hall–Kier alpha value is -1.06. The van der Waals surface area contributed by atoms with Crippen LogP contribution in [0.4, 0.5) is 0 Å². The molecule has 1 aliphatic rings. The molecule has 3 heteroatoms. The summed E-state index contributed by atoms with van der Waals surface area (Å²) in [4.78, 5) is 2.53. The first kappa shape index (κ1) is 16.3. The minimum atomic E-state index is 0.0885. The lowest BCUT2D eigenvalue weighted by Crippen LogP contribution is -2.41. The summed E-state index contributed by atoms with van der Waals surface area (Å²) >= 11 is 0. The first-order valence-electron chi connectivity index (χ1n) is 8.28. The molecule has 0 saturated carbocycles. The summed E-state index contributed by atoms with van der Waals surface area (Å²) in [6.07, 6.45) is 2.38. The van der Waals surface area contributed by atoms with Crippen LogP contribution in [0.15, 0.2) is 12.1 Å². The van der Waals surface area contributed by atoms with Gasteiger partial charge in [0, 0.05) is 24.1 Å². The number of hydrogen-bond acceptors (Lipinski definition) is 3. The van der Waals surface area contributed by atoms with Gasteiger partial charge in [-0.2, -0.15) is 0 Å². The Labute approximate surface area is 129 Å². The smallest absolute Gasteiger partial charge is 0.124 e. The van der Waals surface area contributed by atoms with E-state index in [9.17, 15) is 0 Å². The van der Waals surface area contributed by atoms with Crippen molar-refractivity contribution in [1.29, 1.82) is 0 Å². The SMILES string of the molecule is CCCN(CCC)CC1COc2cc(C)cc(C)c2C1N. The van der Waals surface area contributed by atoms with Crippen LogP contribution in [-0.4, -0.2) is 31.1 Å². The van der Waals surface area contributed by atoms with Crippen molar-refractivity contribution >= 4 is 0 Å². The second kappa shape index (κ2) is 7.28. The molecule has 0 saturated heterocycles. The van der Waals surface area contributed by atoms with E-state index in [2.05, 4.69) is 44.7 Å². The number of fused-ring (bicyclic) bond motifs is 1. The largest absolute Gasteiger partial charge is 0.493 e. The van der Waals surface area contributed by atoms with Crippen molar-refractivity contribution in [3.05, 3.63) is 28.8 Å². The summed E-state index contributed by atoms with van der Waals surface area (Å²) in [6.45, 7) is 12.8. The lowest BCUT2D eigenvalue weighted by Gasteiger charge is -2.36. The molecule has 118 valence electrons. The Balaban J connectivity index is 2.14. The first-order valence-corrected chi connectivity index (χ1v) is 8.28. The van der Waals surface area contributed by atoms with E-state index >= 15 is 0 Å². The average molecular weight is 290 g/mol. The van der Waals surface area contributed by atoms with E-state index in [1.54, 1.807) is 0 Å². The second-order valence-electron chi connectivity index (χ2n) is 6.39. The molecular formula is C18H30N2O. The highest BCUT2D eigenvalue weighted by molar-refractivity contribution is 5.46. The summed E-state index contributed by atoms with van der Waals surface area (Å²) in [5.41, 5.74) is 10.3. The zero-order valence-corrected chi connectivity index (χ0v) is 14.0. The molecule has 3 nitrogen and oxygen atoms in total. The molecule has 0 fully saturated rings. The third kappa shape index (κ3) is 3.78. The fourth-order valence-electron chi connectivity index (χ4n) is 3.45. The van der Waals surface area contributed by atoms with Crippen LogP contribution in [0.3, 0.4) is 0 Å². The summed E-state index contributed by atoms with van der Waals surface area (Å²) in [6, 6.07) is 4.42. The first-order chi connectivity index (χ1) is 10.1. The summed E-state index contributed by atoms with van der Waals surface area (Å²) in [7, 11) is 0. The van der Waals surface area contributed by atoms with E-state index < -0.39 is 0 Å². The van der Waals surface area contributed by atoms with Crippen LogP contribution in [0.5, 0.6) is 5.75 Å². The van der Waals surface area contributed by atoms with Crippen LogP contribution >= 0.6 is 0 Å². The van der Waals surface area contributed by atoms with E-state index in [4.69, 9.17) is 10.5 Å². The molecule has 0 aliphatic carbocycles. The van der Waals surface area contributed by atoms with E-state index in [0.29, 0.717) is 5.92 Å². The van der Waals surface area contributed by atoms with Crippen LogP contribution in [0.2, 0.25) is 0 Å². The summed E-state index contributed by atoms with van der Waals surface area (Å²) < 4.78 is 6.02. The van der Waals surface area contributed by atoms with Crippen LogP contribution in [0, 0.1) is 19.8 Å². The Morgan fingerprint density at radius 2 is 1.86 bits per heavy atom. The predicted octanol–water partition coefficient (Wildman–Crippen LogP) is 3.43. The molecule has 1 aromatic rings. The number of benzene rings is 1. The number of rotatable bonds is 6. The molecule has 21 heavy (non-hydrogen) atoms. The Morgan fingerprint density at radius 3 is 2.48 bits per heavy atom. The molecular weight excluding hydrogens is 260 g/mol. The van der Waals surface area contributed by atoms with Gasteiger partial charge in [-0.1, -0.05) is 19.9 Å². The molecule has 1 aliphatic heterocycles. The summed E-state index contributed by atoms with van der Waals surface area (Å²) in [5, 5.41) is 0. The fraction of sp³-hybridized carbons (Fsp3) is 0.667. The van der Waals surface area contributed by atoms with Crippen LogP contribution in [0.25, 0.3) is 0 Å². The maximum absolute atomic E-state index is 6.58. The van der Waals surface area contributed by atoms with Gasteiger partial charge in [0.15, 0.2) is 0 Å². The van der Waals surface area contributed by atoms with Crippen LogP contribution in [-0.2, 0) is 0 Å². The normalized spacial score (nSPS) is 21.2. The molecule has 0 aromatic heterocycles. The zero-order valence-electron chi connectivity index (χ0n) is 14.0. The number of ether oxygens (including phenoxy) is 1. The van der Waals surface area contributed by atoms with Gasteiger partial charge >= 0.3 is 0 Å². The molecule has 0 spiro atoms. The fourth-order valence-corrected chi connectivity index (χ4v) is 3.45. The van der Waals surface area contributed by atoms with Gasteiger partial charge in [-0.05, 0) is 57.0 Å². The van der Waals surface area contributed by atoms with Crippen LogP contribution in [0.1, 0.15) is 49.4 Å². The van der Waals surface area contributed by atoms with Crippen molar-refractivity contribution in [3.63, 3.8) is 0 Å². The lowest BCUT2D eigenvalue weighted by atomic mass is 9.87. The Bertz CT molecular complexity index is 467. The molecule has 1 aromatic carbocycles. The number of nitrogens with two attached hydrogens (primary N) is 1. The van der Waals surface area contributed by atoms with Gasteiger partial charge in [0.2, 0.25) is 0 Å². The minimum absolute atomic E-state index is 0.0885. The van der Waals surface area contributed by atoms with E-state index in [0.717, 1.165) is 32.0 Å². The third-order valence-corrected chi connectivity index (χ3v) is 4.36. The standard InChI is InChI=1S/C18H30N2O/c1-5-7-20(8-6-2)11-15-12-21-16-10-13(3)9-14(4)17(16)18(15)19/h9-10,15,18H,5-8,11-12,19H2,1-4H3. The topological polar surface area (TPSA) is 38.5 Å². The molecule has 2 N–H and O–H groups in total. The summed E-state index contributed by atoms with van der Waals surface area (Å²) in [5.74, 6) is 1.38. The van der Waals surface area contributed by atoms with Crippen molar-refractivity contribution in [1.82, 2.24) is 4.90 Å². The van der Waals surface area contributed by atoms with Gasteiger partial charge in [0.25, 0.3) is 0 Å². The van der Waals surface area contributed by atoms with Gasteiger partial charge in [0.05, 0.1) is 6.61 Å². The van der Waals surface area contributed by atoms with E-state index in [1.807, 2.05) is 0 Å². The quantitative estimate of drug-likeness (QED) is 0.872. The second-order valence-corrected chi connectivity index (χ2v) is 6.39. The van der Waals surface area contributed by atoms with Gasteiger partial charge in [-0.25, -0.2) is 0 Å². The maximum Gasteiger partial charge on any atom is 0.124 e. The molecule has 2 rings (SSSR count). The highest BCUT2D eigenvalue weighted by atomic mass is 16.5. The molecule has 0 amide bonds. The van der Waals surface area contributed by atoms with Gasteiger partial charge < -0.3 is 15.4 Å². The molecule has 2 unspecified atom stereocenters. The van der Waals surface area contributed by atoms with Gasteiger partial charge in [0.1, 0.15) is 5.75 Å². The number of hydrogen-bond donors (Lipinski definition) is 1. The van der Waals surface area contributed by atoms with E-state index in [-0.39, 0.29) is 6.04 Å². The monoisotopic (exact) mass is 290 g/mol. The molecule has 0 bridgehead atoms. The number of nitrogens with zero attached hydrogens (tertiary/aromatic N) is 1. The highest BCUT2D eigenvalue weighted by Crippen LogP contribution is 2.37. The van der Waals surface area contributed by atoms with Crippen LogP contribution < -0.4 is 10.5 Å². The van der Waals surface area contributed by atoms with E-state index in [1.165, 1.54) is 29.5 Å². The van der Waals surface area contributed by atoms with Crippen molar-refractivity contribution in [2.75, 3.05) is 26.2 Å². The predicted molar refractivity (Wildman–Crippen MR) is 88.9 cm³/mol. The van der Waals surface area contributed by atoms with Crippen molar-refractivity contribution in [2.24, 2.45) is 11.7 Å². The van der Waals surface area contributed by atoms with Gasteiger partial charge in [-0.15, -0.1) is 0 Å². The zero-order chi connectivity index (χ0) is 15.4. The molecule has 1 heterocycles. The highest BCUT2D eigenvalue weighted by Gasteiger charge is 2.30. The third-order valence-electron chi connectivity index (χ3n) is 4.36. The molecule has 0 radical (unpaired) electrons. The minimum Gasteiger partial charge on any atom is -0.493 e. The number of aryl methyl sites for hydroxylation is 2. The Morgan fingerprint density at radius 1 is 1.19 bits per heavy atom. The Kier molecular flexibility index (Phi) is 5.65. The van der Waals surface area contributed by atoms with Crippen molar-refractivity contribution in [2.45, 2.75) is 46.6 Å². The average Bonchev–Trinajstić information content (AvgIpc) is 2.41. The van der Waals surface area contributed by atoms with Gasteiger partial charge in [-0.3, -0.25) is 0 Å². The maximum atomic E-state index is 6.58. The molecule has 2 atom stereocenters.